The third kappa shape index (κ3) is 8.61. The molecule has 20 aliphatic carbocycles. The van der Waals surface area contributed by atoms with E-state index in [1.807, 2.05) is 0 Å². The SMILES string of the molecule is C.C.C.C.C=C1C(=O)[C@]23CC[C@H]1CC2[C@@]12CCC[C@@]4(C)CO[C@@H]1O[C@@H]3CC42.C=C1[C@H]2CC[C@@]34C(C2)[C@@]25CCC[C@@](C)(CO[C@H]2C)C5C[C@H]3OC(C)(C)O[C@@H]14.C=C1[C@H]2CC[C@@]34C(C2)[C@@]25CCC[C@@](C)(CO[C@H]2O)C5C[C@H]3OC(C)(C)O[C@@H]14.C=C1[C@H]2CC[C@]3(C(C2)[C@@]24CCC[C@@]5(C)CO[C@@H]2O[C@@H]3CC54)[C@H]1O. The van der Waals surface area contributed by atoms with E-state index in [2.05, 4.69) is 88.6 Å². The van der Waals surface area contributed by atoms with Crippen LogP contribution >= 0.6 is 0 Å². The first-order valence-corrected chi connectivity index (χ1v) is 41.6. The predicted molar refractivity (Wildman–Crippen MR) is 402 cm³/mol. The number of ether oxygens (including phenoxy) is 10. The maximum atomic E-state index is 13.3. The largest absolute Gasteiger partial charge is 0.388 e. The zero-order valence-electron chi connectivity index (χ0n) is 62.6. The fourth-order valence-electron chi connectivity index (χ4n) is 34.8. The van der Waals surface area contributed by atoms with Gasteiger partial charge in [0.15, 0.2) is 36.2 Å². The Morgan fingerprint density at radius 1 is 0.365 bits per heavy atom. The Kier molecular flexibility index (Phi) is 16.9. The molecule has 8 unspecified atom stereocenters. The van der Waals surface area contributed by atoms with E-state index in [-0.39, 0.29) is 122 Å². The second-order valence-corrected chi connectivity index (χ2v) is 42.2. The van der Waals surface area contributed by atoms with Crippen LogP contribution in [0.15, 0.2) is 48.6 Å². The third-order valence-corrected chi connectivity index (χ3v) is 38.5. The molecule has 0 amide bonds. The number of aliphatic hydroxyl groups is 2. The molecule has 0 aromatic heterocycles. The van der Waals surface area contributed by atoms with Crippen molar-refractivity contribution < 1.29 is 62.4 Å². The first-order chi connectivity index (χ1) is 47.5. The fraction of sp³-hybridized carbons (Fsp3) is 0.901. The van der Waals surface area contributed by atoms with Crippen LogP contribution in [0.4, 0.5) is 0 Å². The third-order valence-electron chi connectivity index (χ3n) is 38.5. The van der Waals surface area contributed by atoms with Crippen molar-refractivity contribution in [2.45, 2.75) is 351 Å². The lowest BCUT2D eigenvalue weighted by molar-refractivity contribution is -0.437. The molecule has 582 valence electrons. The minimum atomic E-state index is -0.639. The number of carbonyl (C=O) groups excluding carboxylic acids is 1. The van der Waals surface area contributed by atoms with Crippen molar-refractivity contribution in [2.24, 2.45) is 136 Å². The van der Waals surface area contributed by atoms with Crippen molar-refractivity contribution in [3.8, 4) is 0 Å². The average molecular weight is 1440 g/mol. The summed E-state index contributed by atoms with van der Waals surface area (Å²) in [6.07, 6.45) is 34.1. The molecule has 20 saturated carbocycles. The number of allylic oxidation sites excluding steroid dienone is 1. The van der Waals surface area contributed by atoms with Gasteiger partial charge in [0.05, 0.1) is 80.7 Å². The van der Waals surface area contributed by atoms with Crippen LogP contribution in [0, 0.1) is 136 Å². The minimum Gasteiger partial charge on any atom is -0.388 e. The summed E-state index contributed by atoms with van der Waals surface area (Å²) >= 11 is 0. The zero-order chi connectivity index (χ0) is 68.9. The quantitative estimate of drug-likeness (QED) is 0.175. The Bertz CT molecular complexity index is 3430. The molecule has 10 saturated heterocycles. The van der Waals surface area contributed by atoms with Gasteiger partial charge in [-0.05, 0) is 304 Å². The number of ketones is 1. The number of Topliss-reactive ketones (excluding diaryl/α,β-unsaturated/α-hetero) is 1. The lowest BCUT2D eigenvalue weighted by Gasteiger charge is -2.77. The van der Waals surface area contributed by atoms with E-state index in [9.17, 15) is 15.0 Å². The Morgan fingerprint density at radius 2 is 0.750 bits per heavy atom. The highest BCUT2D eigenvalue weighted by molar-refractivity contribution is 6.02. The predicted octanol–water partition coefficient (Wildman–Crippen LogP) is 18.4. The molecule has 13 heteroatoms. The topological polar surface area (TPSA) is 150 Å². The van der Waals surface area contributed by atoms with Gasteiger partial charge in [-0.2, -0.15) is 0 Å². The molecule has 30 aliphatic rings. The van der Waals surface area contributed by atoms with E-state index in [1.165, 1.54) is 127 Å². The normalized spacial score (nSPS) is 59.7. The second kappa shape index (κ2) is 23.4. The van der Waals surface area contributed by atoms with Gasteiger partial charge in [0.2, 0.25) is 0 Å². The Labute approximate surface area is 627 Å². The molecular formula is C91H140O13. The van der Waals surface area contributed by atoms with Crippen LogP contribution in [0.5, 0.6) is 0 Å². The summed E-state index contributed by atoms with van der Waals surface area (Å²) in [6.45, 7) is 41.4. The van der Waals surface area contributed by atoms with Gasteiger partial charge < -0.3 is 57.6 Å². The summed E-state index contributed by atoms with van der Waals surface area (Å²) in [5.74, 6) is 6.17. The number of hydrogen-bond donors (Lipinski definition) is 2. The van der Waals surface area contributed by atoms with E-state index < -0.39 is 17.9 Å². The minimum absolute atomic E-state index is 0. The molecule has 0 aromatic carbocycles. The molecule has 22 bridgehead atoms. The van der Waals surface area contributed by atoms with Gasteiger partial charge in [-0.1, -0.05) is 109 Å². The number of carbonyl (C=O) groups is 1. The van der Waals surface area contributed by atoms with Gasteiger partial charge >= 0.3 is 0 Å². The molecule has 35 atom stereocenters. The summed E-state index contributed by atoms with van der Waals surface area (Å²) in [5.41, 5.74) is 6.03. The standard InChI is InChI=1S/C24H36O3.C23H34O4.C20H28O3.C20H26O3.4CH4/c1-14-16-7-10-24-18(11-16)23-9-6-8-22(5,13-25-15(23)2)17(23)12-19(24)26-21(3,4)27-20(14)24;1-13-14-6-9-23-16(10-14)22-8-5-7-21(4,12-25-19(22)24)15(22)11-17(23)26-20(2,3)27-18(13)23;2*1-11-12-4-7-20(16(11)21)14(8-12)19-6-3-5-18(2)10-22-17(19)23-15(20)9-13(18)19;;;;/h15-20H,1,6-13H2,2-5H3;14-19,24H,1,5-12H2,2-4H3;12-17,21H,1,3-10H2,2H3;12-15,17H,1,3-10H2,2H3;4*1H4/t15-,16-,17?,18?,19+,20-,22-,23-,24+;14-,15?,16?,17+,18-,19+,21-,22-,23+;12-,13?,14?,15+,16-,17+,18-,19-,20+;12-,13?,14?,15+,17+,18-,19-,20+;;;;/m0000..../s1. The summed E-state index contributed by atoms with van der Waals surface area (Å²) < 4.78 is 65.0. The summed E-state index contributed by atoms with van der Waals surface area (Å²) in [4.78, 5) is 13.3. The molecule has 30 fully saturated rings. The van der Waals surface area contributed by atoms with Gasteiger partial charge in [0.25, 0.3) is 0 Å². The highest BCUT2D eigenvalue weighted by Crippen LogP contribution is 2.83. The van der Waals surface area contributed by atoms with Gasteiger partial charge in [-0.15, -0.1) is 0 Å². The molecule has 0 radical (unpaired) electrons. The van der Waals surface area contributed by atoms with Crippen LogP contribution in [-0.2, 0) is 52.2 Å². The van der Waals surface area contributed by atoms with Gasteiger partial charge in [-0.3, -0.25) is 4.79 Å². The summed E-state index contributed by atoms with van der Waals surface area (Å²) in [5, 5.41) is 22.5. The van der Waals surface area contributed by atoms with Crippen molar-refractivity contribution in [1.29, 1.82) is 0 Å². The molecule has 104 heavy (non-hydrogen) atoms. The van der Waals surface area contributed by atoms with E-state index in [0.717, 1.165) is 107 Å². The maximum absolute atomic E-state index is 13.3. The molecule has 6 spiro atoms. The second-order valence-electron chi connectivity index (χ2n) is 42.2. The highest BCUT2D eigenvalue weighted by atomic mass is 16.7. The zero-order valence-corrected chi connectivity index (χ0v) is 62.6. The number of rotatable bonds is 0. The lowest BCUT2D eigenvalue weighted by atomic mass is 9.33. The Morgan fingerprint density at radius 3 is 1.29 bits per heavy atom. The number of fused-ring (bicyclic) bond motifs is 6. The number of aliphatic hydroxyl groups excluding tert-OH is 2. The first-order valence-electron chi connectivity index (χ1n) is 41.6. The van der Waals surface area contributed by atoms with E-state index >= 15 is 0 Å². The molecule has 2 N–H and O–H groups in total. The van der Waals surface area contributed by atoms with Crippen molar-refractivity contribution in [2.75, 3.05) is 26.4 Å². The fourth-order valence-corrected chi connectivity index (χ4v) is 34.8. The molecule has 30 rings (SSSR count). The van der Waals surface area contributed by atoms with E-state index in [0.29, 0.717) is 105 Å². The van der Waals surface area contributed by atoms with E-state index in [1.54, 1.807) is 0 Å². The van der Waals surface area contributed by atoms with Crippen LogP contribution < -0.4 is 0 Å². The first kappa shape index (κ1) is 74.9. The van der Waals surface area contributed by atoms with Crippen molar-refractivity contribution in [3.05, 3.63) is 48.6 Å². The molecule has 13 nitrogen and oxygen atoms in total. The molecule has 10 aliphatic heterocycles. The van der Waals surface area contributed by atoms with Crippen LogP contribution in [0.25, 0.3) is 0 Å². The molecule has 10 heterocycles. The summed E-state index contributed by atoms with van der Waals surface area (Å²) in [7, 11) is 0. The van der Waals surface area contributed by atoms with Crippen LogP contribution in [-0.4, -0.2) is 122 Å². The van der Waals surface area contributed by atoms with Crippen molar-refractivity contribution in [3.63, 3.8) is 0 Å². The van der Waals surface area contributed by atoms with Crippen molar-refractivity contribution >= 4 is 5.78 Å². The van der Waals surface area contributed by atoms with Gasteiger partial charge in [0, 0.05) is 37.9 Å². The van der Waals surface area contributed by atoms with Crippen LogP contribution in [0.2, 0.25) is 0 Å². The Balaban J connectivity index is 0.000000102. The van der Waals surface area contributed by atoms with Gasteiger partial charge in [0.1, 0.15) is 0 Å². The van der Waals surface area contributed by atoms with Crippen molar-refractivity contribution in [1.82, 2.24) is 0 Å². The highest BCUT2D eigenvalue weighted by Gasteiger charge is 2.83. The average Bonchev–Trinajstić information content (AvgIpc) is 0.676. The smallest absolute Gasteiger partial charge is 0.167 e. The summed E-state index contributed by atoms with van der Waals surface area (Å²) in [6, 6.07) is 0. The Hall–Kier alpha value is -1.85. The van der Waals surface area contributed by atoms with Crippen LogP contribution in [0.1, 0.15) is 272 Å². The lowest BCUT2D eigenvalue weighted by Crippen LogP contribution is -2.79. The maximum Gasteiger partial charge on any atom is 0.167 e. The van der Waals surface area contributed by atoms with Gasteiger partial charge in [-0.25, -0.2) is 0 Å². The molecule has 0 aromatic rings. The number of hydrogen-bond acceptors (Lipinski definition) is 13. The monoisotopic (exact) mass is 1440 g/mol. The molecular weight excluding hydrogens is 1300 g/mol. The van der Waals surface area contributed by atoms with Crippen LogP contribution in [0.3, 0.4) is 0 Å². The van der Waals surface area contributed by atoms with E-state index in [4.69, 9.17) is 47.4 Å².